The summed E-state index contributed by atoms with van der Waals surface area (Å²) in [5.41, 5.74) is 2.48. The molecule has 21 heavy (non-hydrogen) atoms. The van der Waals surface area contributed by atoms with Crippen LogP contribution in [-0.2, 0) is 6.61 Å². The Kier molecular flexibility index (Phi) is 3.87. The first-order valence-corrected chi connectivity index (χ1v) is 6.56. The van der Waals surface area contributed by atoms with Crippen molar-refractivity contribution in [3.05, 3.63) is 78.5 Å². The lowest BCUT2D eigenvalue weighted by molar-refractivity contribution is 0.289. The maximum atomic E-state index is 13.2. The summed E-state index contributed by atoms with van der Waals surface area (Å²) in [6.45, 7) is 0.368. The summed E-state index contributed by atoms with van der Waals surface area (Å²) in [5.74, 6) is 0.254. The molecule has 0 atom stereocenters. The Morgan fingerprint density at radius 1 is 0.905 bits per heavy atom. The van der Waals surface area contributed by atoms with Crippen LogP contribution in [0.3, 0.4) is 0 Å². The van der Waals surface area contributed by atoms with Gasteiger partial charge in [-0.25, -0.2) is 9.37 Å². The molecule has 0 bridgehead atoms. The highest BCUT2D eigenvalue weighted by atomic mass is 19.1. The summed E-state index contributed by atoms with van der Waals surface area (Å²) < 4.78 is 18.7. The maximum Gasteiger partial charge on any atom is 0.213 e. The standard InChI is InChI=1S/C17H13FN2O/c18-15-5-3-4-13(10-15)14-7-8-17(20-11-14)21-12-16-6-1-2-9-19-16/h1-11H,12H2. The molecule has 2 aromatic heterocycles. The van der Waals surface area contributed by atoms with Gasteiger partial charge in [0.2, 0.25) is 5.88 Å². The number of hydrogen-bond donors (Lipinski definition) is 0. The van der Waals surface area contributed by atoms with Crippen molar-refractivity contribution in [2.24, 2.45) is 0 Å². The van der Waals surface area contributed by atoms with Crippen LogP contribution in [0, 0.1) is 5.82 Å². The first kappa shape index (κ1) is 13.2. The van der Waals surface area contributed by atoms with Crippen LogP contribution in [0.15, 0.2) is 67.0 Å². The number of pyridine rings is 2. The van der Waals surface area contributed by atoms with E-state index in [1.54, 1.807) is 24.5 Å². The number of nitrogens with zero attached hydrogens (tertiary/aromatic N) is 2. The first-order valence-electron chi connectivity index (χ1n) is 6.56. The molecule has 0 amide bonds. The third-order valence-electron chi connectivity index (χ3n) is 2.99. The Morgan fingerprint density at radius 3 is 2.57 bits per heavy atom. The summed E-state index contributed by atoms with van der Waals surface area (Å²) in [4.78, 5) is 8.40. The second kappa shape index (κ2) is 6.13. The van der Waals surface area contributed by atoms with Crippen LogP contribution in [-0.4, -0.2) is 9.97 Å². The van der Waals surface area contributed by atoms with Gasteiger partial charge in [-0.1, -0.05) is 18.2 Å². The molecule has 3 rings (SSSR count). The molecule has 0 N–H and O–H groups in total. The molecule has 0 aliphatic rings. The Hall–Kier alpha value is -2.75. The fourth-order valence-corrected chi connectivity index (χ4v) is 1.94. The highest BCUT2D eigenvalue weighted by Gasteiger charge is 2.02. The van der Waals surface area contributed by atoms with Crippen LogP contribution in [0.1, 0.15) is 5.69 Å². The lowest BCUT2D eigenvalue weighted by Gasteiger charge is -2.06. The van der Waals surface area contributed by atoms with Gasteiger partial charge >= 0.3 is 0 Å². The molecular weight excluding hydrogens is 267 g/mol. The fraction of sp³-hybridized carbons (Fsp3) is 0.0588. The van der Waals surface area contributed by atoms with E-state index in [1.807, 2.05) is 30.3 Å². The van der Waals surface area contributed by atoms with Gasteiger partial charge < -0.3 is 4.74 Å². The SMILES string of the molecule is Fc1cccc(-c2ccc(OCc3ccccn3)nc2)c1. The van der Waals surface area contributed by atoms with E-state index < -0.39 is 0 Å². The summed E-state index contributed by atoms with van der Waals surface area (Å²) in [6, 6.07) is 15.7. The summed E-state index contributed by atoms with van der Waals surface area (Å²) in [7, 11) is 0. The van der Waals surface area contributed by atoms with Crippen molar-refractivity contribution in [3.8, 4) is 17.0 Å². The molecule has 1 aromatic carbocycles. The van der Waals surface area contributed by atoms with Gasteiger partial charge in [-0.2, -0.15) is 0 Å². The van der Waals surface area contributed by atoms with Crippen LogP contribution in [0.4, 0.5) is 4.39 Å². The molecule has 0 aliphatic carbocycles. The Labute approximate surface area is 122 Å². The monoisotopic (exact) mass is 280 g/mol. The van der Waals surface area contributed by atoms with E-state index in [1.165, 1.54) is 12.1 Å². The molecule has 3 aromatic rings. The third-order valence-corrected chi connectivity index (χ3v) is 2.99. The molecule has 104 valence electrons. The average Bonchev–Trinajstić information content (AvgIpc) is 2.54. The van der Waals surface area contributed by atoms with E-state index in [-0.39, 0.29) is 5.82 Å². The van der Waals surface area contributed by atoms with E-state index >= 15 is 0 Å². The lowest BCUT2D eigenvalue weighted by atomic mass is 10.1. The summed E-state index contributed by atoms with van der Waals surface area (Å²) in [6.07, 6.45) is 3.39. The number of hydrogen-bond acceptors (Lipinski definition) is 3. The highest BCUT2D eigenvalue weighted by Crippen LogP contribution is 2.21. The van der Waals surface area contributed by atoms with E-state index in [0.717, 1.165) is 16.8 Å². The molecule has 2 heterocycles. The third kappa shape index (κ3) is 3.42. The van der Waals surface area contributed by atoms with Crippen molar-refractivity contribution in [2.75, 3.05) is 0 Å². The first-order chi connectivity index (χ1) is 10.3. The summed E-state index contributed by atoms with van der Waals surface area (Å²) >= 11 is 0. The predicted molar refractivity (Wildman–Crippen MR) is 78.2 cm³/mol. The van der Waals surface area contributed by atoms with Gasteiger partial charge in [0.1, 0.15) is 12.4 Å². The Balaban J connectivity index is 1.69. The molecule has 3 nitrogen and oxygen atoms in total. The number of aromatic nitrogens is 2. The minimum absolute atomic E-state index is 0.261. The molecular formula is C17H13FN2O. The van der Waals surface area contributed by atoms with Crippen molar-refractivity contribution in [2.45, 2.75) is 6.61 Å². The van der Waals surface area contributed by atoms with E-state index in [4.69, 9.17) is 4.74 Å². The van der Waals surface area contributed by atoms with E-state index in [2.05, 4.69) is 9.97 Å². The number of benzene rings is 1. The quantitative estimate of drug-likeness (QED) is 0.728. The number of halogens is 1. The van der Waals surface area contributed by atoms with Crippen LogP contribution in [0.2, 0.25) is 0 Å². The van der Waals surface area contributed by atoms with Gasteiger partial charge in [-0.15, -0.1) is 0 Å². The van der Waals surface area contributed by atoms with Crippen LogP contribution in [0.25, 0.3) is 11.1 Å². The van der Waals surface area contributed by atoms with Gasteiger partial charge in [0.15, 0.2) is 0 Å². The van der Waals surface area contributed by atoms with Gasteiger partial charge in [0.05, 0.1) is 5.69 Å². The van der Waals surface area contributed by atoms with Gasteiger partial charge in [-0.05, 0) is 35.9 Å². The predicted octanol–water partition coefficient (Wildman–Crippen LogP) is 3.86. The number of rotatable bonds is 4. The summed E-state index contributed by atoms with van der Waals surface area (Å²) in [5, 5.41) is 0. The van der Waals surface area contributed by atoms with Crippen LogP contribution in [0.5, 0.6) is 5.88 Å². The molecule has 0 aliphatic heterocycles. The van der Waals surface area contributed by atoms with Crippen molar-refractivity contribution in [1.82, 2.24) is 9.97 Å². The Bertz CT molecular complexity index is 714. The van der Waals surface area contributed by atoms with Crippen molar-refractivity contribution >= 4 is 0 Å². The second-order valence-corrected chi connectivity index (χ2v) is 4.51. The largest absolute Gasteiger partial charge is 0.471 e. The Morgan fingerprint density at radius 2 is 1.86 bits per heavy atom. The molecule has 0 spiro atoms. The van der Waals surface area contributed by atoms with E-state index in [0.29, 0.717) is 12.5 Å². The molecule has 0 saturated heterocycles. The highest BCUT2D eigenvalue weighted by molar-refractivity contribution is 5.62. The zero-order chi connectivity index (χ0) is 14.5. The van der Waals surface area contributed by atoms with Crippen molar-refractivity contribution in [1.29, 1.82) is 0 Å². The topological polar surface area (TPSA) is 35.0 Å². The molecule has 0 radical (unpaired) electrons. The van der Waals surface area contributed by atoms with E-state index in [9.17, 15) is 4.39 Å². The number of ether oxygens (including phenoxy) is 1. The average molecular weight is 280 g/mol. The zero-order valence-electron chi connectivity index (χ0n) is 11.2. The van der Waals surface area contributed by atoms with Gasteiger partial charge in [-0.3, -0.25) is 4.98 Å². The smallest absolute Gasteiger partial charge is 0.213 e. The molecule has 4 heteroatoms. The van der Waals surface area contributed by atoms with Crippen molar-refractivity contribution in [3.63, 3.8) is 0 Å². The van der Waals surface area contributed by atoms with Crippen LogP contribution >= 0.6 is 0 Å². The maximum absolute atomic E-state index is 13.2. The second-order valence-electron chi connectivity index (χ2n) is 4.51. The van der Waals surface area contributed by atoms with Gasteiger partial charge in [0, 0.05) is 24.0 Å². The molecule has 0 unspecified atom stereocenters. The van der Waals surface area contributed by atoms with Crippen LogP contribution < -0.4 is 4.74 Å². The van der Waals surface area contributed by atoms with Crippen molar-refractivity contribution < 1.29 is 9.13 Å². The lowest BCUT2D eigenvalue weighted by Crippen LogP contribution is -1.98. The van der Waals surface area contributed by atoms with Gasteiger partial charge in [0.25, 0.3) is 0 Å². The molecule has 0 fully saturated rings. The normalized spacial score (nSPS) is 10.3. The molecule has 0 saturated carbocycles. The minimum atomic E-state index is -0.261. The fourth-order valence-electron chi connectivity index (χ4n) is 1.94. The minimum Gasteiger partial charge on any atom is -0.471 e. The zero-order valence-corrected chi connectivity index (χ0v) is 11.2.